The number of amides is 1. The van der Waals surface area contributed by atoms with Gasteiger partial charge in [-0.2, -0.15) is 0 Å². The van der Waals surface area contributed by atoms with E-state index in [4.69, 9.17) is 9.47 Å². The van der Waals surface area contributed by atoms with E-state index in [0.717, 1.165) is 49.7 Å². The van der Waals surface area contributed by atoms with E-state index >= 15 is 0 Å². The molecule has 178 valence electrons. The van der Waals surface area contributed by atoms with E-state index in [2.05, 4.69) is 50.7 Å². The maximum Gasteiger partial charge on any atom is 0.271 e. The first-order valence-corrected chi connectivity index (χ1v) is 12.0. The molecule has 4 rings (SSSR count). The Hall–Kier alpha value is -3.61. The summed E-state index contributed by atoms with van der Waals surface area (Å²) in [7, 11) is 0. The second-order valence-electron chi connectivity index (χ2n) is 8.41. The zero-order valence-corrected chi connectivity index (χ0v) is 19.7. The van der Waals surface area contributed by atoms with Crippen molar-refractivity contribution in [1.82, 2.24) is 15.5 Å². The lowest BCUT2D eigenvalue weighted by Crippen LogP contribution is -2.35. The lowest BCUT2D eigenvalue weighted by molar-refractivity contribution is 0.0941. The van der Waals surface area contributed by atoms with Crippen molar-refractivity contribution in [3.63, 3.8) is 0 Å². The number of piperidine rings is 1. The van der Waals surface area contributed by atoms with Gasteiger partial charge in [-0.25, -0.2) is 0 Å². The van der Waals surface area contributed by atoms with Crippen molar-refractivity contribution in [3.05, 3.63) is 78.0 Å². The topological polar surface area (TPSA) is 76.6 Å². The number of ether oxygens (including phenoxy) is 2. The molecule has 2 heterocycles. The molecular weight excluding hydrogens is 428 g/mol. The Kier molecular flexibility index (Phi) is 8.32. The molecule has 1 saturated heterocycles. The lowest BCUT2D eigenvalue weighted by atomic mass is 9.90. The summed E-state index contributed by atoms with van der Waals surface area (Å²) < 4.78 is 11.1. The Morgan fingerprint density at radius 1 is 0.941 bits per heavy atom. The van der Waals surface area contributed by atoms with Crippen LogP contribution in [0.4, 0.5) is 5.82 Å². The molecular formula is C27H32N4O3. The Morgan fingerprint density at radius 2 is 1.65 bits per heavy atom. The van der Waals surface area contributed by atoms with E-state index in [0.29, 0.717) is 31.4 Å². The van der Waals surface area contributed by atoms with Crippen LogP contribution in [0.1, 0.15) is 35.8 Å². The molecule has 1 aliphatic heterocycles. The summed E-state index contributed by atoms with van der Waals surface area (Å²) in [6.07, 6.45) is 3.39. The highest BCUT2D eigenvalue weighted by atomic mass is 16.5. The summed E-state index contributed by atoms with van der Waals surface area (Å²) in [5.74, 6) is 2.81. The molecule has 0 atom stereocenters. The Labute approximate surface area is 201 Å². The summed E-state index contributed by atoms with van der Waals surface area (Å²) in [5.41, 5.74) is 1.71. The van der Waals surface area contributed by atoms with Crippen LogP contribution in [0.5, 0.6) is 11.5 Å². The van der Waals surface area contributed by atoms with Crippen molar-refractivity contribution in [3.8, 4) is 11.5 Å². The molecule has 0 saturated carbocycles. The van der Waals surface area contributed by atoms with Crippen LogP contribution in [0.25, 0.3) is 0 Å². The van der Waals surface area contributed by atoms with Crippen LogP contribution >= 0.6 is 0 Å². The van der Waals surface area contributed by atoms with Crippen LogP contribution in [0, 0.1) is 5.92 Å². The Morgan fingerprint density at radius 3 is 2.29 bits per heavy atom. The standard InChI is InChI=1S/C27H32N4O3/c1-2-33-23-8-10-24(11-9-23)34-19-16-28-27(32)25-12-13-26(30-29-25)31-17-14-22(15-18-31)20-21-6-4-3-5-7-21/h3-13,22H,2,14-20H2,1H3,(H,28,32). The van der Waals surface area contributed by atoms with Gasteiger partial charge in [-0.3, -0.25) is 4.79 Å². The molecule has 2 aromatic carbocycles. The fourth-order valence-corrected chi connectivity index (χ4v) is 4.15. The molecule has 3 aromatic rings. The van der Waals surface area contributed by atoms with Gasteiger partial charge in [0.1, 0.15) is 18.1 Å². The smallest absolute Gasteiger partial charge is 0.271 e. The number of aromatic nitrogens is 2. The number of rotatable bonds is 10. The minimum absolute atomic E-state index is 0.254. The summed E-state index contributed by atoms with van der Waals surface area (Å²) in [6, 6.07) is 21.7. The van der Waals surface area contributed by atoms with Gasteiger partial charge in [-0.15, -0.1) is 10.2 Å². The van der Waals surface area contributed by atoms with Gasteiger partial charge in [-0.1, -0.05) is 30.3 Å². The third kappa shape index (κ3) is 6.70. The minimum Gasteiger partial charge on any atom is -0.494 e. The molecule has 0 unspecified atom stereocenters. The summed E-state index contributed by atoms with van der Waals surface area (Å²) in [6.45, 7) is 5.24. The molecule has 7 heteroatoms. The number of hydrogen-bond donors (Lipinski definition) is 1. The zero-order valence-electron chi connectivity index (χ0n) is 19.7. The largest absolute Gasteiger partial charge is 0.494 e. The highest BCUT2D eigenvalue weighted by molar-refractivity contribution is 5.92. The highest BCUT2D eigenvalue weighted by Gasteiger charge is 2.21. The first kappa shape index (κ1) is 23.5. The maximum absolute atomic E-state index is 12.4. The van der Waals surface area contributed by atoms with Crippen molar-refractivity contribution < 1.29 is 14.3 Å². The fraction of sp³-hybridized carbons (Fsp3) is 0.370. The second kappa shape index (κ2) is 12.0. The van der Waals surface area contributed by atoms with Crippen molar-refractivity contribution in [2.45, 2.75) is 26.2 Å². The molecule has 1 fully saturated rings. The molecule has 1 amide bonds. The van der Waals surface area contributed by atoms with Crippen molar-refractivity contribution in [1.29, 1.82) is 0 Å². The van der Waals surface area contributed by atoms with Gasteiger partial charge < -0.3 is 19.7 Å². The normalized spacial score (nSPS) is 14.0. The van der Waals surface area contributed by atoms with Crippen molar-refractivity contribution in [2.75, 3.05) is 37.7 Å². The minimum atomic E-state index is -0.254. The maximum atomic E-state index is 12.4. The molecule has 0 spiro atoms. The van der Waals surface area contributed by atoms with E-state index < -0.39 is 0 Å². The van der Waals surface area contributed by atoms with Crippen LogP contribution in [0.3, 0.4) is 0 Å². The van der Waals surface area contributed by atoms with Crippen LogP contribution in [0.2, 0.25) is 0 Å². The average molecular weight is 461 g/mol. The van der Waals surface area contributed by atoms with Gasteiger partial charge in [-0.05, 0) is 74.1 Å². The SMILES string of the molecule is CCOc1ccc(OCCNC(=O)c2ccc(N3CCC(Cc4ccccc4)CC3)nn2)cc1. The molecule has 0 aliphatic carbocycles. The predicted molar refractivity (Wildman–Crippen MR) is 133 cm³/mol. The monoisotopic (exact) mass is 460 g/mol. The summed E-state index contributed by atoms with van der Waals surface area (Å²) in [4.78, 5) is 14.6. The summed E-state index contributed by atoms with van der Waals surface area (Å²) >= 11 is 0. The van der Waals surface area contributed by atoms with Crippen LogP contribution in [-0.4, -0.2) is 49.0 Å². The quantitative estimate of drug-likeness (QED) is 0.458. The fourth-order valence-electron chi connectivity index (χ4n) is 4.15. The van der Waals surface area contributed by atoms with E-state index in [9.17, 15) is 4.79 Å². The number of nitrogens with one attached hydrogen (secondary N) is 1. The average Bonchev–Trinajstić information content (AvgIpc) is 2.89. The van der Waals surface area contributed by atoms with E-state index in [-0.39, 0.29) is 5.91 Å². The number of anilines is 1. The molecule has 7 nitrogen and oxygen atoms in total. The molecule has 1 aromatic heterocycles. The van der Waals surface area contributed by atoms with E-state index in [1.165, 1.54) is 5.56 Å². The third-order valence-corrected chi connectivity index (χ3v) is 5.98. The van der Waals surface area contributed by atoms with Gasteiger partial charge in [0.15, 0.2) is 11.5 Å². The van der Waals surface area contributed by atoms with Crippen LogP contribution in [0.15, 0.2) is 66.7 Å². The Bertz CT molecular complexity index is 1020. The second-order valence-corrected chi connectivity index (χ2v) is 8.41. The first-order chi connectivity index (χ1) is 16.7. The molecule has 1 aliphatic rings. The van der Waals surface area contributed by atoms with Crippen LogP contribution in [-0.2, 0) is 6.42 Å². The van der Waals surface area contributed by atoms with Crippen LogP contribution < -0.4 is 19.7 Å². The Balaban J connectivity index is 1.18. The van der Waals surface area contributed by atoms with Crippen molar-refractivity contribution >= 4 is 11.7 Å². The summed E-state index contributed by atoms with van der Waals surface area (Å²) in [5, 5.41) is 11.3. The molecule has 0 bridgehead atoms. The number of carbonyl (C=O) groups excluding carboxylic acids is 1. The van der Waals surface area contributed by atoms with Gasteiger partial charge in [0.2, 0.25) is 0 Å². The zero-order chi connectivity index (χ0) is 23.6. The number of nitrogens with zero attached hydrogens (tertiary/aromatic N) is 3. The van der Waals surface area contributed by atoms with Gasteiger partial charge in [0, 0.05) is 13.1 Å². The predicted octanol–water partition coefficient (Wildman–Crippen LogP) is 4.14. The van der Waals surface area contributed by atoms with Gasteiger partial charge in [0.05, 0.1) is 13.2 Å². The number of carbonyl (C=O) groups is 1. The number of hydrogen-bond acceptors (Lipinski definition) is 6. The third-order valence-electron chi connectivity index (χ3n) is 5.98. The van der Waals surface area contributed by atoms with Gasteiger partial charge >= 0.3 is 0 Å². The lowest BCUT2D eigenvalue weighted by Gasteiger charge is -2.32. The molecule has 34 heavy (non-hydrogen) atoms. The van der Waals surface area contributed by atoms with Crippen molar-refractivity contribution in [2.24, 2.45) is 5.92 Å². The molecule has 1 N–H and O–H groups in total. The van der Waals surface area contributed by atoms with E-state index in [1.54, 1.807) is 6.07 Å². The van der Waals surface area contributed by atoms with E-state index in [1.807, 2.05) is 37.3 Å². The first-order valence-electron chi connectivity index (χ1n) is 12.0. The molecule has 0 radical (unpaired) electrons. The highest BCUT2D eigenvalue weighted by Crippen LogP contribution is 2.24. The number of benzene rings is 2. The van der Waals surface area contributed by atoms with Gasteiger partial charge in [0.25, 0.3) is 5.91 Å².